The van der Waals surface area contributed by atoms with Crippen LogP contribution in [0.2, 0.25) is 0 Å². The molecule has 0 aliphatic carbocycles. The number of nitrogens with zero attached hydrogens (tertiary/aromatic N) is 4. The largest absolute Gasteiger partial charge is 0.346 e. The minimum Gasteiger partial charge on any atom is -0.346 e. The Morgan fingerprint density at radius 1 is 1.00 bits per heavy atom. The number of rotatable bonds is 8. The van der Waals surface area contributed by atoms with E-state index < -0.39 is 0 Å². The van der Waals surface area contributed by atoms with Crippen LogP contribution in [0.4, 0.5) is 4.79 Å². The van der Waals surface area contributed by atoms with Crippen molar-refractivity contribution in [3.05, 3.63) is 42.1 Å². The number of aryl methyl sites for hydroxylation is 1. The van der Waals surface area contributed by atoms with E-state index in [1.54, 1.807) is 0 Å². The number of aromatic amines is 1. The van der Waals surface area contributed by atoms with Crippen LogP contribution in [-0.2, 0) is 11.2 Å². The number of carbonyl (C=O) groups is 2. The molecule has 2 aromatic rings. The van der Waals surface area contributed by atoms with Gasteiger partial charge in [0.15, 0.2) is 0 Å². The van der Waals surface area contributed by atoms with Gasteiger partial charge in [-0.1, -0.05) is 36.8 Å². The summed E-state index contributed by atoms with van der Waals surface area (Å²) in [5.41, 5.74) is 3.28. The van der Waals surface area contributed by atoms with Gasteiger partial charge in [0.25, 0.3) is 0 Å². The number of benzene rings is 1. The van der Waals surface area contributed by atoms with E-state index in [9.17, 15) is 9.59 Å². The van der Waals surface area contributed by atoms with Crippen LogP contribution in [0, 0.1) is 5.92 Å². The molecule has 2 fully saturated rings. The van der Waals surface area contributed by atoms with Crippen molar-refractivity contribution in [2.45, 2.75) is 51.4 Å². The van der Waals surface area contributed by atoms with Gasteiger partial charge in [-0.3, -0.25) is 9.89 Å². The van der Waals surface area contributed by atoms with Crippen molar-refractivity contribution in [1.29, 1.82) is 0 Å². The predicted molar refractivity (Wildman–Crippen MR) is 130 cm³/mol. The number of hydrogen-bond donors (Lipinski definition) is 1. The number of carbonyl (C=O) groups excluding carboxylic acids is 2. The number of H-pyrrole nitrogens is 1. The summed E-state index contributed by atoms with van der Waals surface area (Å²) in [6.45, 7) is 3.97. The molecule has 0 unspecified atom stereocenters. The molecule has 0 spiro atoms. The lowest BCUT2D eigenvalue weighted by atomic mass is 9.95. The van der Waals surface area contributed by atoms with Crippen LogP contribution in [0.3, 0.4) is 0 Å². The Kier molecular flexibility index (Phi) is 8.02. The van der Waals surface area contributed by atoms with Crippen molar-refractivity contribution in [2.24, 2.45) is 5.92 Å². The van der Waals surface area contributed by atoms with Crippen LogP contribution < -0.4 is 0 Å². The predicted octanol–water partition coefficient (Wildman–Crippen LogP) is 4.18. The Balaban J connectivity index is 1.11. The van der Waals surface area contributed by atoms with E-state index in [4.69, 9.17) is 0 Å². The van der Waals surface area contributed by atoms with Crippen molar-refractivity contribution in [3.63, 3.8) is 0 Å². The first kappa shape index (κ1) is 23.3. The maximum atomic E-state index is 12.9. The molecule has 7 heteroatoms. The van der Waals surface area contributed by atoms with Crippen LogP contribution in [0.1, 0.15) is 50.6 Å². The molecule has 3 amide bonds. The van der Waals surface area contributed by atoms with Gasteiger partial charge in [0, 0.05) is 56.9 Å². The van der Waals surface area contributed by atoms with Crippen molar-refractivity contribution < 1.29 is 9.59 Å². The lowest BCUT2D eigenvalue weighted by Crippen LogP contribution is -2.48. The van der Waals surface area contributed by atoms with Crippen molar-refractivity contribution in [1.82, 2.24) is 24.9 Å². The number of hydrogen-bond acceptors (Lipinski definition) is 3. The van der Waals surface area contributed by atoms with E-state index in [1.165, 1.54) is 0 Å². The number of piperidine rings is 1. The first-order chi connectivity index (χ1) is 16.1. The van der Waals surface area contributed by atoms with E-state index in [1.807, 2.05) is 39.9 Å². The second kappa shape index (κ2) is 11.3. The quantitative estimate of drug-likeness (QED) is 0.612. The van der Waals surface area contributed by atoms with Gasteiger partial charge in [-0.2, -0.15) is 5.10 Å². The minimum atomic E-state index is 0.0547. The summed E-state index contributed by atoms with van der Waals surface area (Å²) in [6.07, 6.45) is 7.94. The van der Waals surface area contributed by atoms with E-state index in [0.717, 1.165) is 88.0 Å². The van der Waals surface area contributed by atoms with Crippen LogP contribution in [0.15, 0.2) is 36.4 Å². The standard InChI is InChI=1S/C26H37N5O2/c1-29(25(32)22-13-18-31(19-14-22)26(33)30-16-8-9-17-30)15-7-3-6-12-23-20-24(28-27-23)21-10-4-2-5-11-21/h2,4-5,10-11,20,22H,3,6-9,12-19H2,1H3,(H,27,28). The summed E-state index contributed by atoms with van der Waals surface area (Å²) in [7, 11) is 1.92. The lowest BCUT2D eigenvalue weighted by molar-refractivity contribution is -0.135. The Hall–Kier alpha value is -2.83. The maximum absolute atomic E-state index is 12.9. The molecular weight excluding hydrogens is 414 g/mol. The van der Waals surface area contributed by atoms with E-state index >= 15 is 0 Å². The van der Waals surface area contributed by atoms with Crippen LogP contribution in [0.5, 0.6) is 0 Å². The SMILES string of the molecule is CN(CCCCCc1cc(-c2ccccc2)n[nH]1)C(=O)C1CCN(C(=O)N2CCCC2)CC1. The molecule has 0 radical (unpaired) electrons. The second-order valence-corrected chi connectivity index (χ2v) is 9.45. The van der Waals surface area contributed by atoms with E-state index in [0.29, 0.717) is 13.1 Å². The zero-order valence-electron chi connectivity index (χ0n) is 19.8. The van der Waals surface area contributed by atoms with Gasteiger partial charge in [0.05, 0.1) is 5.69 Å². The number of urea groups is 1. The van der Waals surface area contributed by atoms with Crippen LogP contribution in [0.25, 0.3) is 11.3 Å². The second-order valence-electron chi connectivity index (χ2n) is 9.45. The topological polar surface area (TPSA) is 72.5 Å². The number of amides is 3. The summed E-state index contributed by atoms with van der Waals surface area (Å²) >= 11 is 0. The van der Waals surface area contributed by atoms with Crippen molar-refractivity contribution >= 4 is 11.9 Å². The smallest absolute Gasteiger partial charge is 0.319 e. The number of nitrogens with one attached hydrogen (secondary N) is 1. The van der Waals surface area contributed by atoms with E-state index in [-0.39, 0.29) is 17.9 Å². The Morgan fingerprint density at radius 2 is 1.70 bits per heavy atom. The molecular formula is C26H37N5O2. The molecule has 2 aliphatic rings. The van der Waals surface area contributed by atoms with Gasteiger partial charge < -0.3 is 14.7 Å². The molecule has 2 saturated heterocycles. The number of likely N-dealkylation sites (tertiary alicyclic amines) is 2. The molecule has 178 valence electrons. The van der Waals surface area contributed by atoms with Gasteiger partial charge in [-0.25, -0.2) is 4.79 Å². The first-order valence-electron chi connectivity index (χ1n) is 12.5. The molecule has 0 bridgehead atoms. The monoisotopic (exact) mass is 451 g/mol. The summed E-state index contributed by atoms with van der Waals surface area (Å²) in [4.78, 5) is 31.2. The molecule has 33 heavy (non-hydrogen) atoms. The Labute approximate surface area is 197 Å². The third-order valence-electron chi connectivity index (χ3n) is 7.01. The molecule has 2 aliphatic heterocycles. The third-order valence-corrected chi connectivity index (χ3v) is 7.01. The summed E-state index contributed by atoms with van der Waals surface area (Å²) in [5, 5.41) is 7.57. The normalized spacial score (nSPS) is 16.9. The minimum absolute atomic E-state index is 0.0547. The van der Waals surface area contributed by atoms with Crippen LogP contribution in [-0.4, -0.2) is 76.6 Å². The molecule has 3 heterocycles. The van der Waals surface area contributed by atoms with Gasteiger partial charge in [-0.15, -0.1) is 0 Å². The maximum Gasteiger partial charge on any atom is 0.319 e. The van der Waals surface area contributed by atoms with Gasteiger partial charge >= 0.3 is 6.03 Å². The summed E-state index contributed by atoms with van der Waals surface area (Å²) in [5.74, 6) is 0.295. The third kappa shape index (κ3) is 6.15. The average molecular weight is 452 g/mol. The lowest BCUT2D eigenvalue weighted by Gasteiger charge is -2.35. The fourth-order valence-corrected chi connectivity index (χ4v) is 4.94. The Bertz CT molecular complexity index is 898. The fourth-order valence-electron chi connectivity index (χ4n) is 4.94. The molecule has 4 rings (SSSR count). The van der Waals surface area contributed by atoms with Gasteiger partial charge in [0.2, 0.25) is 5.91 Å². The molecule has 7 nitrogen and oxygen atoms in total. The Morgan fingerprint density at radius 3 is 2.42 bits per heavy atom. The van der Waals surface area contributed by atoms with Crippen molar-refractivity contribution in [2.75, 3.05) is 39.8 Å². The highest BCUT2D eigenvalue weighted by atomic mass is 16.2. The highest BCUT2D eigenvalue weighted by Gasteiger charge is 2.31. The highest BCUT2D eigenvalue weighted by Crippen LogP contribution is 2.22. The number of unbranched alkanes of at least 4 members (excludes halogenated alkanes) is 2. The first-order valence-corrected chi connectivity index (χ1v) is 12.5. The van der Waals surface area contributed by atoms with E-state index in [2.05, 4.69) is 28.4 Å². The fraction of sp³-hybridized carbons (Fsp3) is 0.577. The van der Waals surface area contributed by atoms with Crippen LogP contribution >= 0.6 is 0 Å². The highest BCUT2D eigenvalue weighted by molar-refractivity contribution is 5.79. The van der Waals surface area contributed by atoms with Gasteiger partial charge in [-0.05, 0) is 51.0 Å². The van der Waals surface area contributed by atoms with Crippen molar-refractivity contribution in [3.8, 4) is 11.3 Å². The summed E-state index contributed by atoms with van der Waals surface area (Å²) < 4.78 is 0. The number of aromatic nitrogens is 2. The zero-order valence-corrected chi connectivity index (χ0v) is 19.8. The molecule has 0 atom stereocenters. The zero-order chi connectivity index (χ0) is 23.0. The average Bonchev–Trinajstić information content (AvgIpc) is 3.56. The molecule has 1 aromatic carbocycles. The summed E-state index contributed by atoms with van der Waals surface area (Å²) in [6, 6.07) is 12.5. The molecule has 1 N–H and O–H groups in total. The molecule has 1 aromatic heterocycles. The molecule has 0 saturated carbocycles. The van der Waals surface area contributed by atoms with Gasteiger partial charge in [0.1, 0.15) is 0 Å².